The number of methoxy groups -OCH3 is 1. The Kier molecular flexibility index (Phi) is 4.36. The topological polar surface area (TPSA) is 67.5 Å². The molecule has 3 rings (SSSR count). The van der Waals surface area contributed by atoms with Gasteiger partial charge in [0.2, 0.25) is 5.88 Å². The first kappa shape index (κ1) is 15.6. The van der Waals surface area contributed by atoms with E-state index in [2.05, 4.69) is 22.5 Å². The van der Waals surface area contributed by atoms with Crippen LogP contribution in [-0.4, -0.2) is 33.8 Å². The van der Waals surface area contributed by atoms with Crippen molar-refractivity contribution in [3.63, 3.8) is 0 Å². The summed E-state index contributed by atoms with van der Waals surface area (Å²) < 4.78 is 7.59. The van der Waals surface area contributed by atoms with Crippen LogP contribution in [-0.2, 0) is 13.0 Å². The first-order valence-electron chi connectivity index (χ1n) is 7.60. The van der Waals surface area contributed by atoms with Crippen LogP contribution in [0.15, 0.2) is 42.6 Å². The third-order valence-electron chi connectivity index (χ3n) is 4.05. The van der Waals surface area contributed by atoms with Gasteiger partial charge in [-0.15, -0.1) is 0 Å². The van der Waals surface area contributed by atoms with E-state index < -0.39 is 7.12 Å². The highest BCUT2D eigenvalue weighted by molar-refractivity contribution is 6.58. The lowest BCUT2D eigenvalue weighted by Gasteiger charge is -2.11. The molecule has 2 N–H and O–H groups in total. The maximum Gasteiger partial charge on any atom is 0.488 e. The minimum atomic E-state index is -1.43. The van der Waals surface area contributed by atoms with E-state index in [0.717, 1.165) is 22.9 Å². The van der Waals surface area contributed by atoms with Gasteiger partial charge in [0.25, 0.3) is 0 Å². The number of benzene rings is 1. The minimum Gasteiger partial charge on any atom is -0.481 e. The molecular weight excluding hydrogens is 291 g/mol. The number of aromatic nitrogens is 2. The predicted molar refractivity (Wildman–Crippen MR) is 91.0 cm³/mol. The standard InChI is InChI=1S/C17H19BN2O3/c1-3-14-10-15-16(8-9-19-17(15)23-2)20(14)11-12-4-6-13(7-5-12)18(21)22/h4-10,21-22H,3,11H2,1-2H3. The Morgan fingerprint density at radius 2 is 1.91 bits per heavy atom. The first-order chi connectivity index (χ1) is 11.1. The lowest BCUT2D eigenvalue weighted by molar-refractivity contribution is 0.403. The van der Waals surface area contributed by atoms with E-state index >= 15 is 0 Å². The Hall–Kier alpha value is -2.31. The van der Waals surface area contributed by atoms with Gasteiger partial charge in [0.1, 0.15) is 0 Å². The highest BCUT2D eigenvalue weighted by Crippen LogP contribution is 2.27. The van der Waals surface area contributed by atoms with Crippen LogP contribution < -0.4 is 10.2 Å². The molecule has 0 saturated carbocycles. The second-order valence-corrected chi connectivity index (χ2v) is 5.44. The molecule has 0 aliphatic rings. The van der Waals surface area contributed by atoms with Gasteiger partial charge in [0.05, 0.1) is 18.0 Å². The summed E-state index contributed by atoms with van der Waals surface area (Å²) in [6, 6.07) is 11.4. The van der Waals surface area contributed by atoms with Crippen molar-refractivity contribution in [3.05, 3.63) is 53.9 Å². The SMILES string of the molecule is CCc1cc2c(OC)nccc2n1Cc1ccc(B(O)O)cc1. The number of nitrogens with zero attached hydrogens (tertiary/aromatic N) is 2. The highest BCUT2D eigenvalue weighted by atomic mass is 16.5. The molecule has 0 amide bonds. The number of pyridine rings is 1. The summed E-state index contributed by atoms with van der Waals surface area (Å²) in [5.74, 6) is 0.634. The fraction of sp³-hybridized carbons (Fsp3) is 0.235. The van der Waals surface area contributed by atoms with E-state index in [0.29, 0.717) is 17.9 Å². The van der Waals surface area contributed by atoms with Gasteiger partial charge in [0.15, 0.2) is 0 Å². The molecule has 0 radical (unpaired) electrons. The van der Waals surface area contributed by atoms with Gasteiger partial charge in [0, 0.05) is 18.4 Å². The molecule has 0 unspecified atom stereocenters. The fourth-order valence-electron chi connectivity index (χ4n) is 2.83. The number of aryl methyl sites for hydroxylation is 1. The smallest absolute Gasteiger partial charge is 0.481 e. The number of hydrogen-bond acceptors (Lipinski definition) is 4. The number of rotatable bonds is 5. The second kappa shape index (κ2) is 6.44. The van der Waals surface area contributed by atoms with Crippen molar-refractivity contribution in [1.29, 1.82) is 0 Å². The van der Waals surface area contributed by atoms with E-state index in [1.54, 1.807) is 25.4 Å². The van der Waals surface area contributed by atoms with Crippen LogP contribution in [0.1, 0.15) is 18.2 Å². The van der Waals surface area contributed by atoms with E-state index in [9.17, 15) is 10.0 Å². The fourth-order valence-corrected chi connectivity index (χ4v) is 2.83. The number of fused-ring (bicyclic) bond motifs is 1. The average Bonchev–Trinajstić information content (AvgIpc) is 2.93. The summed E-state index contributed by atoms with van der Waals surface area (Å²) in [5, 5.41) is 19.4. The third-order valence-corrected chi connectivity index (χ3v) is 4.05. The van der Waals surface area contributed by atoms with Crippen LogP contribution in [0.2, 0.25) is 0 Å². The maximum atomic E-state index is 9.18. The zero-order chi connectivity index (χ0) is 16.4. The molecule has 0 aliphatic heterocycles. The lowest BCUT2D eigenvalue weighted by atomic mass is 9.80. The van der Waals surface area contributed by atoms with Crippen LogP contribution in [0, 0.1) is 0 Å². The zero-order valence-corrected chi connectivity index (χ0v) is 13.2. The van der Waals surface area contributed by atoms with Crippen molar-refractivity contribution in [2.24, 2.45) is 0 Å². The summed E-state index contributed by atoms with van der Waals surface area (Å²) in [5.41, 5.74) is 3.88. The van der Waals surface area contributed by atoms with Crippen molar-refractivity contribution in [1.82, 2.24) is 9.55 Å². The van der Waals surface area contributed by atoms with Crippen molar-refractivity contribution in [3.8, 4) is 5.88 Å². The van der Waals surface area contributed by atoms with Crippen molar-refractivity contribution < 1.29 is 14.8 Å². The van der Waals surface area contributed by atoms with Crippen molar-refractivity contribution >= 4 is 23.5 Å². The molecule has 6 heteroatoms. The Labute approximate surface area is 135 Å². The van der Waals surface area contributed by atoms with Gasteiger partial charge < -0.3 is 19.4 Å². The summed E-state index contributed by atoms with van der Waals surface area (Å²) in [7, 11) is 0.196. The van der Waals surface area contributed by atoms with Gasteiger partial charge in [-0.05, 0) is 29.6 Å². The quantitative estimate of drug-likeness (QED) is 0.698. The normalized spacial score (nSPS) is 11.0. The summed E-state index contributed by atoms with van der Waals surface area (Å²) in [6.45, 7) is 2.83. The predicted octanol–water partition coefficient (Wildman–Crippen LogP) is 1.34. The van der Waals surface area contributed by atoms with Crippen LogP contribution in [0.5, 0.6) is 5.88 Å². The Morgan fingerprint density at radius 1 is 1.17 bits per heavy atom. The molecule has 0 atom stereocenters. The molecule has 0 fully saturated rings. The van der Waals surface area contributed by atoms with E-state index in [1.807, 2.05) is 18.2 Å². The van der Waals surface area contributed by atoms with E-state index in [-0.39, 0.29) is 0 Å². The van der Waals surface area contributed by atoms with Gasteiger partial charge in [-0.2, -0.15) is 0 Å². The monoisotopic (exact) mass is 310 g/mol. The van der Waals surface area contributed by atoms with Crippen LogP contribution >= 0.6 is 0 Å². The molecule has 0 bridgehead atoms. The molecule has 118 valence electrons. The molecule has 0 spiro atoms. The van der Waals surface area contributed by atoms with Gasteiger partial charge in [-0.3, -0.25) is 0 Å². The Balaban J connectivity index is 2.01. The number of hydrogen-bond donors (Lipinski definition) is 2. The van der Waals surface area contributed by atoms with Crippen molar-refractivity contribution in [2.75, 3.05) is 7.11 Å². The molecule has 1 aromatic carbocycles. The summed E-state index contributed by atoms with van der Waals surface area (Å²) in [4.78, 5) is 4.26. The summed E-state index contributed by atoms with van der Waals surface area (Å²) in [6.07, 6.45) is 2.66. The third kappa shape index (κ3) is 2.95. The second-order valence-electron chi connectivity index (χ2n) is 5.44. The minimum absolute atomic E-state index is 0.493. The van der Waals surface area contributed by atoms with Gasteiger partial charge in [-0.1, -0.05) is 31.2 Å². The largest absolute Gasteiger partial charge is 0.488 e. The van der Waals surface area contributed by atoms with E-state index in [1.165, 1.54) is 5.69 Å². The summed E-state index contributed by atoms with van der Waals surface area (Å²) >= 11 is 0. The van der Waals surface area contributed by atoms with E-state index in [4.69, 9.17) is 4.74 Å². The molecule has 0 aliphatic carbocycles. The average molecular weight is 310 g/mol. The van der Waals surface area contributed by atoms with Crippen LogP contribution in [0.25, 0.3) is 10.9 Å². The molecule has 2 aromatic heterocycles. The van der Waals surface area contributed by atoms with Crippen LogP contribution in [0.4, 0.5) is 0 Å². The first-order valence-corrected chi connectivity index (χ1v) is 7.60. The lowest BCUT2D eigenvalue weighted by Crippen LogP contribution is -2.29. The molecule has 5 nitrogen and oxygen atoms in total. The molecular formula is C17H19BN2O3. The number of ether oxygens (including phenoxy) is 1. The highest BCUT2D eigenvalue weighted by Gasteiger charge is 2.13. The van der Waals surface area contributed by atoms with Gasteiger partial charge in [-0.25, -0.2) is 4.98 Å². The molecule has 2 heterocycles. The molecule has 23 heavy (non-hydrogen) atoms. The maximum absolute atomic E-state index is 9.18. The molecule has 3 aromatic rings. The molecule has 0 saturated heterocycles. The van der Waals surface area contributed by atoms with Crippen molar-refractivity contribution in [2.45, 2.75) is 19.9 Å². The Morgan fingerprint density at radius 3 is 2.52 bits per heavy atom. The zero-order valence-electron chi connectivity index (χ0n) is 13.2. The Bertz CT molecular complexity index is 813. The van der Waals surface area contributed by atoms with Crippen LogP contribution in [0.3, 0.4) is 0 Å². The van der Waals surface area contributed by atoms with Gasteiger partial charge >= 0.3 is 7.12 Å².